The second kappa shape index (κ2) is 9.28. The van der Waals surface area contributed by atoms with Crippen molar-refractivity contribution in [3.63, 3.8) is 0 Å². The van der Waals surface area contributed by atoms with E-state index in [1.807, 2.05) is 38.2 Å². The van der Waals surface area contributed by atoms with Gasteiger partial charge in [0.2, 0.25) is 0 Å². The van der Waals surface area contributed by atoms with Crippen LogP contribution >= 0.6 is 0 Å². The Bertz CT molecular complexity index is 1050. The monoisotopic (exact) mass is 464 g/mol. The number of fused-ring (bicyclic) bond motifs is 3. The number of hydrogen-bond acceptors (Lipinski definition) is 3. The first-order valence-electron chi connectivity index (χ1n) is 12.5. The van der Waals surface area contributed by atoms with Crippen molar-refractivity contribution in [1.29, 1.82) is 0 Å². The molecule has 0 aromatic rings. The molecule has 4 atom stereocenters. The van der Waals surface area contributed by atoms with Gasteiger partial charge in [0.25, 0.3) is 0 Å². The Morgan fingerprint density at radius 1 is 0.941 bits per heavy atom. The van der Waals surface area contributed by atoms with E-state index >= 15 is 0 Å². The smallest absolute Gasteiger partial charge is 0.331 e. The van der Waals surface area contributed by atoms with E-state index in [1.165, 1.54) is 0 Å². The fourth-order valence-corrected chi connectivity index (χ4v) is 7.28. The zero-order valence-corrected chi connectivity index (χ0v) is 21.8. The third kappa shape index (κ3) is 4.44. The van der Waals surface area contributed by atoms with Gasteiger partial charge in [0, 0.05) is 34.8 Å². The summed E-state index contributed by atoms with van der Waals surface area (Å²) < 4.78 is 0. The summed E-state index contributed by atoms with van der Waals surface area (Å²) in [5.41, 5.74) is 2.83. The van der Waals surface area contributed by atoms with Gasteiger partial charge in [-0.15, -0.1) is 0 Å². The largest absolute Gasteiger partial charge is 0.478 e. The van der Waals surface area contributed by atoms with Crippen LogP contribution in [-0.4, -0.2) is 22.6 Å². The summed E-state index contributed by atoms with van der Waals surface area (Å²) in [6, 6.07) is 0. The van der Waals surface area contributed by atoms with Crippen molar-refractivity contribution in [2.75, 3.05) is 0 Å². The zero-order chi connectivity index (χ0) is 25.5. The van der Waals surface area contributed by atoms with E-state index in [0.717, 1.165) is 36.0 Å². The lowest BCUT2D eigenvalue weighted by atomic mass is 9.43. The molecule has 184 valence electrons. The molecule has 3 aliphatic rings. The molecule has 34 heavy (non-hydrogen) atoms. The molecular formula is C30H40O4. The lowest BCUT2D eigenvalue weighted by molar-refractivity contribution is -0.154. The van der Waals surface area contributed by atoms with E-state index in [9.17, 15) is 14.4 Å². The SMILES string of the molecule is CC(/C=C\C=C(/C)C(=O)O)=C/C=C/C(C)=C1\C(=O)C[C@H]2[C@@]3(C)CCC(=O)C(C)(C)[C@@H]3CC[C@]12C. The molecule has 0 aromatic heterocycles. The van der Waals surface area contributed by atoms with Gasteiger partial charge in [0.15, 0.2) is 5.78 Å². The van der Waals surface area contributed by atoms with Crippen LogP contribution in [0.15, 0.2) is 58.7 Å². The maximum Gasteiger partial charge on any atom is 0.331 e. The van der Waals surface area contributed by atoms with Crippen LogP contribution in [0.5, 0.6) is 0 Å². The average molecular weight is 465 g/mol. The topological polar surface area (TPSA) is 71.4 Å². The minimum absolute atomic E-state index is 0.00863. The van der Waals surface area contributed by atoms with Gasteiger partial charge in [-0.2, -0.15) is 0 Å². The van der Waals surface area contributed by atoms with Crippen LogP contribution in [0.1, 0.15) is 80.6 Å². The maximum absolute atomic E-state index is 13.3. The lowest BCUT2D eigenvalue weighted by Crippen LogP contribution is -2.56. The van der Waals surface area contributed by atoms with Gasteiger partial charge in [0.1, 0.15) is 5.78 Å². The summed E-state index contributed by atoms with van der Waals surface area (Å²) in [5, 5.41) is 8.92. The van der Waals surface area contributed by atoms with Gasteiger partial charge >= 0.3 is 5.97 Å². The highest BCUT2D eigenvalue weighted by Crippen LogP contribution is 2.68. The van der Waals surface area contributed by atoms with Gasteiger partial charge < -0.3 is 5.11 Å². The maximum atomic E-state index is 13.3. The third-order valence-corrected chi connectivity index (χ3v) is 9.18. The average Bonchev–Trinajstić information content (AvgIpc) is 3.02. The molecule has 1 N–H and O–H groups in total. The van der Waals surface area contributed by atoms with Crippen molar-refractivity contribution < 1.29 is 19.5 Å². The number of rotatable bonds is 5. The van der Waals surface area contributed by atoms with E-state index in [1.54, 1.807) is 19.1 Å². The number of ketones is 2. The van der Waals surface area contributed by atoms with Crippen LogP contribution in [0, 0.1) is 28.1 Å². The molecule has 0 heterocycles. The van der Waals surface area contributed by atoms with Gasteiger partial charge in [-0.1, -0.05) is 69.7 Å². The first-order chi connectivity index (χ1) is 15.7. The van der Waals surface area contributed by atoms with E-state index in [2.05, 4.69) is 27.7 Å². The van der Waals surface area contributed by atoms with Crippen molar-refractivity contribution >= 4 is 17.5 Å². The summed E-state index contributed by atoms with van der Waals surface area (Å²) in [5.74, 6) is 0.330. The summed E-state index contributed by atoms with van der Waals surface area (Å²) in [4.78, 5) is 36.9. The molecule has 3 aliphatic carbocycles. The lowest BCUT2D eigenvalue weighted by Gasteiger charge is -2.60. The second-order valence-electron chi connectivity index (χ2n) is 11.7. The quantitative estimate of drug-likeness (QED) is 0.359. The Balaban J connectivity index is 1.86. The highest BCUT2D eigenvalue weighted by atomic mass is 16.4. The number of allylic oxidation sites excluding steroid dienone is 9. The number of carbonyl (C=O) groups is 3. The molecule has 3 rings (SSSR count). The van der Waals surface area contributed by atoms with Crippen LogP contribution in [0.4, 0.5) is 0 Å². The van der Waals surface area contributed by atoms with Crippen LogP contribution in [0.25, 0.3) is 0 Å². The Morgan fingerprint density at radius 3 is 2.24 bits per heavy atom. The van der Waals surface area contributed by atoms with Crippen LogP contribution < -0.4 is 0 Å². The molecule has 4 heteroatoms. The molecule has 0 aromatic carbocycles. The zero-order valence-electron chi connectivity index (χ0n) is 21.8. The normalized spacial score (nSPS) is 35.6. The Kier molecular flexibility index (Phi) is 7.13. The van der Waals surface area contributed by atoms with Crippen LogP contribution in [0.3, 0.4) is 0 Å². The fourth-order valence-electron chi connectivity index (χ4n) is 7.28. The number of carboxylic acid groups (broad SMARTS) is 1. The van der Waals surface area contributed by atoms with Gasteiger partial charge in [-0.25, -0.2) is 4.79 Å². The number of aliphatic carboxylic acids is 1. The number of hydrogen-bond donors (Lipinski definition) is 1. The van der Waals surface area contributed by atoms with Crippen molar-refractivity contribution in [3.8, 4) is 0 Å². The van der Waals surface area contributed by atoms with E-state index < -0.39 is 5.97 Å². The minimum Gasteiger partial charge on any atom is -0.478 e. The molecule has 0 radical (unpaired) electrons. The Morgan fingerprint density at radius 2 is 1.59 bits per heavy atom. The highest BCUT2D eigenvalue weighted by Gasteiger charge is 2.64. The predicted octanol–water partition coefficient (Wildman–Crippen LogP) is 6.79. The molecule has 0 unspecified atom stereocenters. The number of Topliss-reactive ketones (excluding diaryl/α,β-unsaturated/α-hetero) is 2. The van der Waals surface area contributed by atoms with Gasteiger partial charge in [-0.3, -0.25) is 9.59 Å². The molecule has 0 saturated heterocycles. The van der Waals surface area contributed by atoms with E-state index in [4.69, 9.17) is 5.11 Å². The van der Waals surface area contributed by atoms with Crippen molar-refractivity contribution in [2.45, 2.75) is 80.6 Å². The molecule has 4 nitrogen and oxygen atoms in total. The molecule has 0 bridgehead atoms. The molecule has 0 spiro atoms. The van der Waals surface area contributed by atoms with Gasteiger partial charge in [-0.05, 0) is 62.9 Å². The van der Waals surface area contributed by atoms with Crippen LogP contribution in [-0.2, 0) is 14.4 Å². The van der Waals surface area contributed by atoms with Crippen molar-refractivity contribution in [1.82, 2.24) is 0 Å². The van der Waals surface area contributed by atoms with Gasteiger partial charge in [0.05, 0.1) is 0 Å². The summed E-state index contributed by atoms with van der Waals surface area (Å²) in [7, 11) is 0. The molecule has 0 aliphatic heterocycles. The summed E-state index contributed by atoms with van der Waals surface area (Å²) in [6.07, 6.45) is 15.2. The standard InChI is InChI=1S/C30H40O4/c1-19(11-9-13-21(3)27(33)34)10-8-12-20(2)26-22(31)18-24-29(6)17-15-25(32)28(4,5)23(29)14-16-30(24,26)7/h8-13,23-24H,14-18H2,1-7H3,(H,33,34)/b11-9-,12-8+,19-10-,21-13+,26-20+/t23-,24-,29-,30-/m0/s1. The number of carbonyl (C=O) groups excluding carboxylic acids is 2. The Hall–Kier alpha value is -2.49. The Labute approximate surface area is 204 Å². The minimum atomic E-state index is -0.923. The molecular weight excluding hydrogens is 424 g/mol. The van der Waals surface area contributed by atoms with E-state index in [-0.39, 0.29) is 33.5 Å². The summed E-state index contributed by atoms with van der Waals surface area (Å²) in [6.45, 7) is 14.4. The number of carboxylic acids is 1. The van der Waals surface area contributed by atoms with E-state index in [0.29, 0.717) is 24.5 Å². The third-order valence-electron chi connectivity index (χ3n) is 9.18. The summed E-state index contributed by atoms with van der Waals surface area (Å²) >= 11 is 0. The molecule has 3 fully saturated rings. The molecule has 3 saturated carbocycles. The molecule has 0 amide bonds. The first kappa shape index (κ1) is 26.1. The highest BCUT2D eigenvalue weighted by molar-refractivity contribution is 6.01. The van der Waals surface area contributed by atoms with Crippen molar-refractivity contribution in [3.05, 3.63) is 58.7 Å². The van der Waals surface area contributed by atoms with Crippen molar-refractivity contribution in [2.24, 2.45) is 28.1 Å². The second-order valence-corrected chi connectivity index (χ2v) is 11.7. The first-order valence-corrected chi connectivity index (χ1v) is 12.5. The fraction of sp³-hybridized carbons (Fsp3) is 0.567. The predicted molar refractivity (Wildman–Crippen MR) is 136 cm³/mol. The van der Waals surface area contributed by atoms with Crippen LogP contribution in [0.2, 0.25) is 0 Å².